The first-order chi connectivity index (χ1) is 11.6. The highest BCUT2D eigenvalue weighted by molar-refractivity contribution is 5.98. The minimum atomic E-state index is -0.0530. The van der Waals surface area contributed by atoms with Crippen molar-refractivity contribution >= 4 is 11.8 Å². The number of hydrogen-bond acceptors (Lipinski definition) is 3. The molecule has 5 nitrogen and oxygen atoms in total. The van der Waals surface area contributed by atoms with Crippen LogP contribution in [0.3, 0.4) is 0 Å². The standard InChI is InChI=1S/C19H26N2O3/c1-21(16-9-11-17(24-2)12-10-16)19(23)14-5-3-13(4-6-14)18(22)20-15-7-8-15/h3-6,15-17H,7-12H2,1-2H3,(H,20,22). The first-order valence-corrected chi connectivity index (χ1v) is 8.79. The number of carbonyl (C=O) groups is 2. The summed E-state index contributed by atoms with van der Waals surface area (Å²) in [6.45, 7) is 0. The van der Waals surface area contributed by atoms with Gasteiger partial charge in [-0.25, -0.2) is 0 Å². The molecule has 2 fully saturated rings. The molecule has 3 rings (SSSR count). The summed E-state index contributed by atoms with van der Waals surface area (Å²) in [5.41, 5.74) is 1.25. The second-order valence-corrected chi connectivity index (χ2v) is 6.91. The lowest BCUT2D eigenvalue weighted by molar-refractivity contribution is 0.0386. The second kappa shape index (κ2) is 7.34. The highest BCUT2D eigenvalue weighted by Gasteiger charge is 2.27. The molecule has 2 saturated carbocycles. The van der Waals surface area contributed by atoms with Crippen LogP contribution in [0.15, 0.2) is 24.3 Å². The van der Waals surface area contributed by atoms with Crippen molar-refractivity contribution in [1.29, 1.82) is 0 Å². The van der Waals surface area contributed by atoms with Gasteiger partial charge in [0.1, 0.15) is 0 Å². The molecule has 0 saturated heterocycles. The van der Waals surface area contributed by atoms with Gasteiger partial charge >= 0.3 is 0 Å². The third kappa shape index (κ3) is 3.96. The van der Waals surface area contributed by atoms with E-state index in [1.807, 2.05) is 11.9 Å². The minimum absolute atomic E-state index is 0.0185. The fourth-order valence-corrected chi connectivity index (χ4v) is 3.30. The van der Waals surface area contributed by atoms with Gasteiger partial charge in [0.15, 0.2) is 0 Å². The normalized spacial score (nSPS) is 23.6. The van der Waals surface area contributed by atoms with Crippen LogP contribution in [0, 0.1) is 0 Å². The number of carbonyl (C=O) groups excluding carboxylic acids is 2. The van der Waals surface area contributed by atoms with Gasteiger partial charge in [-0.15, -0.1) is 0 Å². The fraction of sp³-hybridized carbons (Fsp3) is 0.579. The van der Waals surface area contributed by atoms with Crippen LogP contribution in [0.5, 0.6) is 0 Å². The Hall–Kier alpha value is -1.88. The molecule has 0 aliphatic heterocycles. The molecule has 0 spiro atoms. The summed E-state index contributed by atoms with van der Waals surface area (Å²) in [7, 11) is 3.62. The van der Waals surface area contributed by atoms with E-state index in [0.29, 0.717) is 23.3 Å². The van der Waals surface area contributed by atoms with Crippen molar-refractivity contribution in [2.75, 3.05) is 14.2 Å². The summed E-state index contributed by atoms with van der Waals surface area (Å²) in [6, 6.07) is 7.58. The molecule has 2 aliphatic rings. The van der Waals surface area contributed by atoms with Crippen molar-refractivity contribution in [2.24, 2.45) is 0 Å². The Morgan fingerprint density at radius 2 is 1.58 bits per heavy atom. The van der Waals surface area contributed by atoms with Crippen molar-refractivity contribution in [1.82, 2.24) is 10.2 Å². The molecule has 130 valence electrons. The molecule has 0 unspecified atom stereocenters. The molecular weight excluding hydrogens is 304 g/mol. The third-order valence-electron chi connectivity index (χ3n) is 5.15. The summed E-state index contributed by atoms with van der Waals surface area (Å²) in [6.07, 6.45) is 6.41. The molecule has 1 aromatic carbocycles. The molecule has 1 N–H and O–H groups in total. The number of ether oxygens (including phenoxy) is 1. The Morgan fingerprint density at radius 3 is 2.12 bits per heavy atom. The summed E-state index contributed by atoms with van der Waals surface area (Å²) in [5, 5.41) is 2.96. The highest BCUT2D eigenvalue weighted by atomic mass is 16.5. The molecule has 0 heterocycles. The van der Waals surface area contributed by atoms with E-state index in [9.17, 15) is 9.59 Å². The zero-order chi connectivity index (χ0) is 17.1. The van der Waals surface area contributed by atoms with Crippen LogP contribution in [-0.4, -0.2) is 49.1 Å². The maximum atomic E-state index is 12.7. The van der Waals surface area contributed by atoms with Crippen LogP contribution >= 0.6 is 0 Å². The molecule has 5 heteroatoms. The SMILES string of the molecule is COC1CCC(N(C)C(=O)c2ccc(C(=O)NC3CC3)cc2)CC1. The van der Waals surface area contributed by atoms with Gasteiger partial charge in [-0.1, -0.05) is 0 Å². The van der Waals surface area contributed by atoms with Crippen LogP contribution in [0.2, 0.25) is 0 Å². The number of amides is 2. The minimum Gasteiger partial charge on any atom is -0.381 e. The van der Waals surface area contributed by atoms with Crippen LogP contribution < -0.4 is 5.32 Å². The van der Waals surface area contributed by atoms with E-state index in [2.05, 4.69) is 5.32 Å². The highest BCUT2D eigenvalue weighted by Crippen LogP contribution is 2.25. The van der Waals surface area contributed by atoms with Gasteiger partial charge in [0.25, 0.3) is 11.8 Å². The Morgan fingerprint density at radius 1 is 1.00 bits per heavy atom. The van der Waals surface area contributed by atoms with Gasteiger partial charge in [0, 0.05) is 37.4 Å². The number of benzene rings is 1. The maximum absolute atomic E-state index is 12.7. The monoisotopic (exact) mass is 330 g/mol. The summed E-state index contributed by atoms with van der Waals surface area (Å²) in [4.78, 5) is 26.5. The summed E-state index contributed by atoms with van der Waals surface area (Å²) in [5.74, 6) is -0.0345. The van der Waals surface area contributed by atoms with Crippen molar-refractivity contribution in [2.45, 2.75) is 56.7 Å². The molecular formula is C19H26N2O3. The summed E-state index contributed by atoms with van der Waals surface area (Å²) < 4.78 is 5.39. The van der Waals surface area contributed by atoms with Crippen molar-refractivity contribution in [3.8, 4) is 0 Å². The van der Waals surface area contributed by atoms with E-state index in [-0.39, 0.29) is 17.9 Å². The Kier molecular flexibility index (Phi) is 5.19. The van der Waals surface area contributed by atoms with Gasteiger partial charge in [-0.05, 0) is 62.8 Å². The molecule has 2 amide bonds. The van der Waals surface area contributed by atoms with E-state index in [4.69, 9.17) is 4.74 Å². The fourth-order valence-electron chi connectivity index (χ4n) is 3.30. The number of nitrogens with one attached hydrogen (secondary N) is 1. The van der Waals surface area contributed by atoms with E-state index in [0.717, 1.165) is 38.5 Å². The van der Waals surface area contributed by atoms with Gasteiger partial charge in [-0.2, -0.15) is 0 Å². The van der Waals surface area contributed by atoms with Crippen molar-refractivity contribution in [3.05, 3.63) is 35.4 Å². The van der Waals surface area contributed by atoms with Crippen molar-refractivity contribution < 1.29 is 14.3 Å². The van der Waals surface area contributed by atoms with Crippen LogP contribution in [0.25, 0.3) is 0 Å². The molecule has 1 aromatic rings. The van der Waals surface area contributed by atoms with Crippen LogP contribution in [0.4, 0.5) is 0 Å². The number of methoxy groups -OCH3 is 1. The van der Waals surface area contributed by atoms with Gasteiger partial charge in [0.2, 0.25) is 0 Å². The van der Waals surface area contributed by atoms with E-state index in [1.165, 1.54) is 0 Å². The van der Waals surface area contributed by atoms with Gasteiger partial charge in [0.05, 0.1) is 6.10 Å². The third-order valence-corrected chi connectivity index (χ3v) is 5.15. The smallest absolute Gasteiger partial charge is 0.253 e. The Balaban J connectivity index is 1.58. The van der Waals surface area contributed by atoms with Crippen LogP contribution in [-0.2, 0) is 4.74 Å². The average molecular weight is 330 g/mol. The lowest BCUT2D eigenvalue weighted by Crippen LogP contribution is -2.40. The topological polar surface area (TPSA) is 58.6 Å². The molecule has 2 aliphatic carbocycles. The zero-order valence-electron chi connectivity index (χ0n) is 14.5. The maximum Gasteiger partial charge on any atom is 0.253 e. The predicted molar refractivity (Wildman–Crippen MR) is 92.1 cm³/mol. The predicted octanol–water partition coefficient (Wildman–Crippen LogP) is 2.61. The second-order valence-electron chi connectivity index (χ2n) is 6.91. The van der Waals surface area contributed by atoms with E-state index in [1.54, 1.807) is 31.4 Å². The molecule has 24 heavy (non-hydrogen) atoms. The van der Waals surface area contributed by atoms with Crippen LogP contribution in [0.1, 0.15) is 59.2 Å². The average Bonchev–Trinajstić information content (AvgIpc) is 3.44. The van der Waals surface area contributed by atoms with E-state index < -0.39 is 0 Å². The zero-order valence-corrected chi connectivity index (χ0v) is 14.5. The van der Waals surface area contributed by atoms with Crippen molar-refractivity contribution in [3.63, 3.8) is 0 Å². The molecule has 0 atom stereocenters. The van der Waals surface area contributed by atoms with Gasteiger partial charge < -0.3 is 15.0 Å². The first kappa shape index (κ1) is 17.0. The van der Waals surface area contributed by atoms with E-state index >= 15 is 0 Å². The van der Waals surface area contributed by atoms with Gasteiger partial charge in [-0.3, -0.25) is 9.59 Å². The molecule has 0 aromatic heterocycles. The number of hydrogen-bond donors (Lipinski definition) is 1. The number of rotatable bonds is 5. The summed E-state index contributed by atoms with van der Waals surface area (Å²) >= 11 is 0. The Labute approximate surface area is 143 Å². The molecule has 0 bridgehead atoms. The largest absolute Gasteiger partial charge is 0.381 e. The first-order valence-electron chi connectivity index (χ1n) is 8.79. The number of nitrogens with zero attached hydrogens (tertiary/aromatic N) is 1. The lowest BCUT2D eigenvalue weighted by atomic mass is 9.91. The molecule has 0 radical (unpaired) electrons. The Bertz CT molecular complexity index is 587. The lowest BCUT2D eigenvalue weighted by Gasteiger charge is -2.34. The quantitative estimate of drug-likeness (QED) is 0.903.